The Morgan fingerprint density at radius 3 is 2.55 bits per heavy atom. The van der Waals surface area contributed by atoms with Gasteiger partial charge in [0.2, 0.25) is 0 Å². The third-order valence-corrected chi connectivity index (χ3v) is 3.46. The van der Waals surface area contributed by atoms with Crippen molar-refractivity contribution in [2.75, 3.05) is 6.61 Å². The molecule has 1 aromatic rings. The third kappa shape index (κ3) is 4.67. The topological polar surface area (TPSA) is 81.4 Å². The number of nitrogens with two attached hydrogens (primary N) is 1. The number of hydrogen-bond acceptors (Lipinski definition) is 5. The summed E-state index contributed by atoms with van der Waals surface area (Å²) in [5.74, 6) is -5.63. The number of ether oxygens (including phenoxy) is 1. The van der Waals surface area contributed by atoms with Gasteiger partial charge < -0.3 is 15.8 Å². The third-order valence-electron chi connectivity index (χ3n) is 2.64. The first-order valence-electron chi connectivity index (χ1n) is 6.04. The van der Waals surface area contributed by atoms with Gasteiger partial charge in [-0.15, -0.1) is 0 Å². The lowest BCUT2D eigenvalue weighted by Crippen LogP contribution is -2.46. The summed E-state index contributed by atoms with van der Waals surface area (Å²) in [5, 5.41) is 5.12. The van der Waals surface area contributed by atoms with E-state index in [-0.39, 0.29) is 17.3 Å². The minimum absolute atomic E-state index is 0.163. The van der Waals surface area contributed by atoms with E-state index in [1.54, 1.807) is 5.38 Å². The molecule has 0 unspecified atom stereocenters. The van der Waals surface area contributed by atoms with Crippen LogP contribution < -0.4 is 11.1 Å². The van der Waals surface area contributed by atoms with Crippen LogP contribution in [0.3, 0.4) is 0 Å². The molecule has 3 N–H and O–H groups in total. The summed E-state index contributed by atoms with van der Waals surface area (Å²) < 4.78 is 43.0. The molecule has 0 amide bonds. The highest BCUT2D eigenvalue weighted by molar-refractivity contribution is 7.80. The highest BCUT2D eigenvalue weighted by atomic mass is 32.1. The van der Waals surface area contributed by atoms with E-state index >= 15 is 0 Å². The van der Waals surface area contributed by atoms with Crippen LogP contribution in [0.4, 0.5) is 13.2 Å². The van der Waals surface area contributed by atoms with Crippen molar-refractivity contribution in [3.05, 3.63) is 22.4 Å². The zero-order chi connectivity index (χ0) is 16.9. The number of carbonyl (C=O) groups excluding carboxylic acids is 2. The number of Topliss-reactive ketones (excluding diaryl/α,β-unsaturated/α-hetero) is 1. The van der Waals surface area contributed by atoms with Gasteiger partial charge >= 0.3 is 12.1 Å². The number of carbonyl (C=O) groups is 2. The molecule has 0 aliphatic heterocycles. The van der Waals surface area contributed by atoms with Crippen LogP contribution in [0.15, 0.2) is 16.8 Å². The van der Waals surface area contributed by atoms with Crippen LogP contribution >= 0.6 is 23.6 Å². The second kappa shape index (κ2) is 7.54. The number of halogens is 3. The Morgan fingerprint density at radius 1 is 1.50 bits per heavy atom. The molecule has 122 valence electrons. The average Bonchev–Trinajstić information content (AvgIpc) is 2.90. The molecule has 0 saturated carbocycles. The molecule has 5 nitrogen and oxygen atoms in total. The molecule has 1 rings (SSSR count). The first kappa shape index (κ1) is 18.4. The number of hydrogen-bond donors (Lipinski definition) is 2. The Morgan fingerprint density at radius 2 is 2.14 bits per heavy atom. The molecule has 0 radical (unpaired) electrons. The van der Waals surface area contributed by atoms with Gasteiger partial charge in [-0.25, -0.2) is 0 Å². The van der Waals surface area contributed by atoms with Crippen LogP contribution in [0.5, 0.6) is 0 Å². The summed E-state index contributed by atoms with van der Waals surface area (Å²) >= 11 is 5.81. The number of thiocarbonyl (C=S) groups is 1. The zero-order valence-corrected chi connectivity index (χ0v) is 13.0. The van der Waals surface area contributed by atoms with Crippen molar-refractivity contribution in [3.63, 3.8) is 0 Å². The van der Waals surface area contributed by atoms with Crippen LogP contribution in [-0.4, -0.2) is 29.6 Å². The van der Waals surface area contributed by atoms with E-state index in [2.05, 4.69) is 22.3 Å². The molecule has 22 heavy (non-hydrogen) atoms. The number of rotatable bonds is 6. The average molecular weight is 354 g/mol. The van der Waals surface area contributed by atoms with Crippen molar-refractivity contribution in [2.24, 2.45) is 11.7 Å². The van der Waals surface area contributed by atoms with Crippen LogP contribution in [0, 0.1) is 5.92 Å². The fourth-order valence-electron chi connectivity index (χ4n) is 1.77. The number of thiophene rings is 1. The summed E-state index contributed by atoms with van der Waals surface area (Å²) in [6.07, 6.45) is -5.19. The first-order valence-corrected chi connectivity index (χ1v) is 7.39. The van der Waals surface area contributed by atoms with Crippen LogP contribution in [0.25, 0.3) is 0 Å². The van der Waals surface area contributed by atoms with Crippen LogP contribution in [-0.2, 0) is 14.3 Å². The maximum Gasteiger partial charge on any atom is 0.451 e. The van der Waals surface area contributed by atoms with E-state index in [0.29, 0.717) is 0 Å². The second-order valence-corrected chi connectivity index (χ2v) is 5.35. The van der Waals surface area contributed by atoms with Gasteiger partial charge in [-0.3, -0.25) is 9.59 Å². The van der Waals surface area contributed by atoms with Gasteiger partial charge in [0.25, 0.3) is 5.78 Å². The second-order valence-electron chi connectivity index (χ2n) is 4.13. The molecule has 0 spiro atoms. The Labute approximate surface area is 133 Å². The Bertz CT molecular complexity index is 546. The Balaban J connectivity index is 3.27. The number of esters is 1. The predicted octanol–water partition coefficient (Wildman–Crippen LogP) is 1.93. The van der Waals surface area contributed by atoms with Gasteiger partial charge in [-0.05, 0) is 41.5 Å². The smallest absolute Gasteiger partial charge is 0.451 e. The van der Waals surface area contributed by atoms with E-state index < -0.39 is 29.9 Å². The zero-order valence-electron chi connectivity index (χ0n) is 11.3. The van der Waals surface area contributed by atoms with Gasteiger partial charge in [-0.2, -0.15) is 24.5 Å². The van der Waals surface area contributed by atoms with Crippen molar-refractivity contribution in [1.29, 1.82) is 0 Å². The van der Waals surface area contributed by atoms with E-state index in [0.717, 1.165) is 0 Å². The predicted molar refractivity (Wildman–Crippen MR) is 78.2 cm³/mol. The molecule has 1 heterocycles. The van der Waals surface area contributed by atoms with Gasteiger partial charge in [0.05, 0.1) is 12.6 Å². The largest absolute Gasteiger partial charge is 0.465 e. The molecular weight excluding hydrogens is 341 g/mol. The van der Waals surface area contributed by atoms with Gasteiger partial charge in [0, 0.05) is 0 Å². The maximum atomic E-state index is 12.8. The van der Waals surface area contributed by atoms with Crippen molar-refractivity contribution in [3.8, 4) is 0 Å². The summed E-state index contributed by atoms with van der Waals surface area (Å²) in [5.41, 5.74) is 5.59. The van der Waals surface area contributed by atoms with Crippen molar-refractivity contribution >= 4 is 40.4 Å². The number of nitrogens with one attached hydrogen (secondary N) is 1. The fourth-order valence-corrected chi connectivity index (χ4v) is 2.59. The summed E-state index contributed by atoms with van der Waals surface area (Å²) in [6, 6.07) is 0.119. The lowest BCUT2D eigenvalue weighted by molar-refractivity contribution is -0.182. The molecule has 0 aliphatic carbocycles. The molecule has 0 aliphatic rings. The summed E-state index contributed by atoms with van der Waals surface area (Å²) in [4.78, 5) is 23.5. The molecule has 0 fully saturated rings. The molecule has 0 bridgehead atoms. The van der Waals surface area contributed by atoms with E-state index in [9.17, 15) is 22.8 Å². The Kier molecular flexibility index (Phi) is 6.30. The van der Waals surface area contributed by atoms with Crippen LogP contribution in [0.2, 0.25) is 0 Å². The molecule has 10 heteroatoms. The van der Waals surface area contributed by atoms with Crippen LogP contribution in [0.1, 0.15) is 18.5 Å². The molecule has 1 aromatic heterocycles. The van der Waals surface area contributed by atoms with E-state index in [1.165, 1.54) is 29.7 Å². The molecular formula is C12H13F3N2O3S2. The van der Waals surface area contributed by atoms with E-state index in [1.807, 2.05) is 0 Å². The minimum atomic E-state index is -5.19. The van der Waals surface area contributed by atoms with Crippen molar-refractivity contribution in [1.82, 2.24) is 5.32 Å². The first-order chi connectivity index (χ1) is 10.2. The lowest BCUT2D eigenvalue weighted by Gasteiger charge is -2.26. The summed E-state index contributed by atoms with van der Waals surface area (Å²) in [6.45, 7) is 1.26. The fraction of sp³-hybridized carbons (Fsp3) is 0.417. The van der Waals surface area contributed by atoms with Gasteiger partial charge in [-0.1, -0.05) is 0 Å². The van der Waals surface area contributed by atoms with Gasteiger partial charge in [0.1, 0.15) is 5.92 Å². The van der Waals surface area contributed by atoms with Crippen molar-refractivity contribution < 1.29 is 27.5 Å². The van der Waals surface area contributed by atoms with Gasteiger partial charge in [0.15, 0.2) is 5.11 Å². The molecule has 2 atom stereocenters. The highest BCUT2D eigenvalue weighted by Gasteiger charge is 2.50. The normalized spacial score (nSPS) is 14.0. The minimum Gasteiger partial charge on any atom is -0.465 e. The standard InChI is InChI=1S/C12H13F3N2O3S2/c1-2-20-10(19)7(9(18)12(13,14)15)8(17-11(16)21)6-3-4-22-5-6/h3-5,7-8H,2H2,1H3,(H3,16,17,21)/t7-,8+/m1/s1. The quantitative estimate of drug-likeness (QED) is 0.462. The van der Waals surface area contributed by atoms with E-state index in [4.69, 9.17) is 5.73 Å². The maximum absolute atomic E-state index is 12.8. The number of ketones is 1. The molecule has 0 saturated heterocycles. The molecule has 0 aromatic carbocycles. The lowest BCUT2D eigenvalue weighted by atomic mass is 9.90. The SMILES string of the molecule is CCOC(=O)[C@@H](C(=O)C(F)(F)F)[C@@H](NC(N)=S)c1ccsc1. The van der Waals surface area contributed by atoms with Crippen molar-refractivity contribution in [2.45, 2.75) is 19.1 Å². The summed E-state index contributed by atoms with van der Waals surface area (Å²) in [7, 11) is 0. The Hall–Kier alpha value is -1.68. The highest BCUT2D eigenvalue weighted by Crippen LogP contribution is 2.32. The monoisotopic (exact) mass is 354 g/mol. The number of alkyl halides is 3.